The minimum atomic E-state index is 0.227. The van der Waals surface area contributed by atoms with Gasteiger partial charge in [-0.1, -0.05) is 0 Å². The normalized spacial score (nSPS) is 15.3. The monoisotopic (exact) mass is 292 g/mol. The highest BCUT2D eigenvalue weighted by Gasteiger charge is 2.20. The molecule has 0 aliphatic carbocycles. The highest BCUT2D eigenvalue weighted by molar-refractivity contribution is 5.76. The van der Waals surface area contributed by atoms with Gasteiger partial charge >= 0.3 is 0 Å². The molecule has 0 radical (unpaired) electrons. The molecule has 1 saturated heterocycles. The molecule has 0 saturated carbocycles. The molecule has 1 aliphatic rings. The molecule has 1 aromatic heterocycles. The molecule has 0 spiro atoms. The zero-order valence-electron chi connectivity index (χ0n) is 12.6. The smallest absolute Gasteiger partial charge is 0.222 e. The number of nitrogen functional groups attached to an aromatic ring is 1. The second-order valence-electron chi connectivity index (χ2n) is 5.11. The Morgan fingerprint density at radius 1 is 1.33 bits per heavy atom. The lowest BCUT2D eigenvalue weighted by Crippen LogP contribution is -2.48. The second-order valence-corrected chi connectivity index (χ2v) is 5.11. The van der Waals surface area contributed by atoms with Crippen LogP contribution in [-0.4, -0.2) is 55.2 Å². The van der Waals surface area contributed by atoms with E-state index >= 15 is 0 Å². The van der Waals surface area contributed by atoms with Gasteiger partial charge in [-0.2, -0.15) is 0 Å². The van der Waals surface area contributed by atoms with Gasteiger partial charge < -0.3 is 20.3 Å². The third-order valence-electron chi connectivity index (χ3n) is 3.65. The van der Waals surface area contributed by atoms with Crippen LogP contribution in [0.5, 0.6) is 0 Å². The van der Waals surface area contributed by atoms with E-state index in [0.717, 1.165) is 38.3 Å². The number of piperazine rings is 1. The Morgan fingerprint density at radius 2 is 2.10 bits per heavy atom. The molecule has 1 fully saturated rings. The topological polar surface area (TPSA) is 71.7 Å². The first-order chi connectivity index (χ1) is 10.2. The minimum Gasteiger partial charge on any atom is -0.384 e. The van der Waals surface area contributed by atoms with Gasteiger partial charge in [-0.15, -0.1) is 0 Å². The van der Waals surface area contributed by atoms with Crippen LogP contribution < -0.4 is 10.6 Å². The summed E-state index contributed by atoms with van der Waals surface area (Å²) in [6, 6.07) is 3.78. The van der Waals surface area contributed by atoms with Gasteiger partial charge in [0, 0.05) is 45.8 Å². The SMILES string of the molecule is CCOCCCC(=O)N1CCN(c2ccc(N)nc2)CC1. The van der Waals surface area contributed by atoms with Crippen LogP contribution in [0.3, 0.4) is 0 Å². The predicted octanol–water partition coefficient (Wildman–Crippen LogP) is 1.13. The maximum absolute atomic E-state index is 12.1. The third kappa shape index (κ3) is 4.60. The van der Waals surface area contributed by atoms with Crippen molar-refractivity contribution in [2.75, 3.05) is 50.0 Å². The Labute approximate surface area is 125 Å². The molecule has 0 unspecified atom stereocenters. The van der Waals surface area contributed by atoms with Crippen molar-refractivity contribution in [3.05, 3.63) is 18.3 Å². The summed E-state index contributed by atoms with van der Waals surface area (Å²) < 4.78 is 5.26. The molecular formula is C15H24N4O2. The van der Waals surface area contributed by atoms with E-state index in [1.54, 1.807) is 12.3 Å². The molecule has 1 aliphatic heterocycles. The Bertz CT molecular complexity index is 441. The number of ether oxygens (including phenoxy) is 1. The van der Waals surface area contributed by atoms with Crippen molar-refractivity contribution in [3.8, 4) is 0 Å². The molecule has 1 amide bonds. The summed E-state index contributed by atoms with van der Waals surface area (Å²) in [7, 11) is 0. The summed E-state index contributed by atoms with van der Waals surface area (Å²) >= 11 is 0. The molecule has 21 heavy (non-hydrogen) atoms. The number of carbonyl (C=O) groups excluding carboxylic acids is 1. The fraction of sp³-hybridized carbons (Fsp3) is 0.600. The lowest BCUT2D eigenvalue weighted by Gasteiger charge is -2.36. The van der Waals surface area contributed by atoms with E-state index in [9.17, 15) is 4.79 Å². The molecule has 0 bridgehead atoms. The number of anilines is 2. The van der Waals surface area contributed by atoms with Gasteiger partial charge in [0.05, 0.1) is 11.9 Å². The Kier molecular flexibility index (Phi) is 5.80. The number of hydrogen-bond acceptors (Lipinski definition) is 5. The van der Waals surface area contributed by atoms with E-state index < -0.39 is 0 Å². The van der Waals surface area contributed by atoms with E-state index in [0.29, 0.717) is 25.5 Å². The van der Waals surface area contributed by atoms with Gasteiger partial charge in [-0.25, -0.2) is 4.98 Å². The zero-order valence-corrected chi connectivity index (χ0v) is 12.6. The number of amides is 1. The number of pyridine rings is 1. The molecule has 2 N–H and O–H groups in total. The first-order valence-electron chi connectivity index (χ1n) is 7.52. The number of rotatable bonds is 6. The molecule has 1 aromatic rings. The summed E-state index contributed by atoms with van der Waals surface area (Å²) in [5.74, 6) is 0.756. The van der Waals surface area contributed by atoms with Crippen LogP contribution in [0.1, 0.15) is 19.8 Å². The highest BCUT2D eigenvalue weighted by Crippen LogP contribution is 2.16. The molecule has 2 rings (SSSR count). The molecule has 0 aromatic carbocycles. The van der Waals surface area contributed by atoms with Crippen molar-refractivity contribution in [1.82, 2.24) is 9.88 Å². The van der Waals surface area contributed by atoms with Crippen molar-refractivity contribution >= 4 is 17.4 Å². The van der Waals surface area contributed by atoms with E-state index in [-0.39, 0.29) is 5.91 Å². The van der Waals surface area contributed by atoms with Gasteiger partial charge in [0.1, 0.15) is 5.82 Å². The van der Waals surface area contributed by atoms with Crippen molar-refractivity contribution in [2.45, 2.75) is 19.8 Å². The van der Waals surface area contributed by atoms with Crippen molar-refractivity contribution in [1.29, 1.82) is 0 Å². The van der Waals surface area contributed by atoms with Gasteiger partial charge in [0.2, 0.25) is 5.91 Å². The predicted molar refractivity (Wildman–Crippen MR) is 83.2 cm³/mol. The highest BCUT2D eigenvalue weighted by atomic mass is 16.5. The van der Waals surface area contributed by atoms with Gasteiger partial charge in [0.25, 0.3) is 0 Å². The van der Waals surface area contributed by atoms with Crippen LogP contribution in [0, 0.1) is 0 Å². The fourth-order valence-corrected chi connectivity index (χ4v) is 2.43. The lowest BCUT2D eigenvalue weighted by atomic mass is 10.2. The summed E-state index contributed by atoms with van der Waals surface area (Å²) in [5, 5.41) is 0. The Morgan fingerprint density at radius 3 is 2.71 bits per heavy atom. The molecule has 6 nitrogen and oxygen atoms in total. The summed E-state index contributed by atoms with van der Waals surface area (Å²) in [4.78, 5) is 20.4. The van der Waals surface area contributed by atoms with Crippen LogP contribution in [0.15, 0.2) is 18.3 Å². The largest absolute Gasteiger partial charge is 0.384 e. The number of aromatic nitrogens is 1. The van der Waals surface area contributed by atoms with E-state index in [2.05, 4.69) is 9.88 Å². The molecule has 116 valence electrons. The van der Waals surface area contributed by atoms with Gasteiger partial charge in [-0.05, 0) is 25.5 Å². The van der Waals surface area contributed by atoms with Gasteiger partial charge in [-0.3, -0.25) is 4.79 Å². The summed E-state index contributed by atoms with van der Waals surface area (Å²) in [6.07, 6.45) is 3.16. The summed E-state index contributed by atoms with van der Waals surface area (Å²) in [5.41, 5.74) is 6.66. The van der Waals surface area contributed by atoms with Crippen LogP contribution in [-0.2, 0) is 9.53 Å². The van der Waals surface area contributed by atoms with Crippen molar-refractivity contribution in [3.63, 3.8) is 0 Å². The van der Waals surface area contributed by atoms with E-state index in [4.69, 9.17) is 10.5 Å². The van der Waals surface area contributed by atoms with E-state index in [1.165, 1.54) is 0 Å². The minimum absolute atomic E-state index is 0.227. The van der Waals surface area contributed by atoms with Crippen LogP contribution >= 0.6 is 0 Å². The number of hydrogen-bond donors (Lipinski definition) is 1. The second kappa shape index (κ2) is 7.83. The van der Waals surface area contributed by atoms with Crippen molar-refractivity contribution < 1.29 is 9.53 Å². The molecule has 6 heteroatoms. The maximum atomic E-state index is 12.1. The molecule has 2 heterocycles. The van der Waals surface area contributed by atoms with Gasteiger partial charge in [0.15, 0.2) is 0 Å². The fourth-order valence-electron chi connectivity index (χ4n) is 2.43. The first-order valence-corrected chi connectivity index (χ1v) is 7.52. The molecule has 0 atom stereocenters. The average molecular weight is 292 g/mol. The van der Waals surface area contributed by atoms with Crippen LogP contribution in [0.25, 0.3) is 0 Å². The van der Waals surface area contributed by atoms with Crippen molar-refractivity contribution in [2.24, 2.45) is 0 Å². The molecular weight excluding hydrogens is 268 g/mol. The number of nitrogens with two attached hydrogens (primary N) is 1. The van der Waals surface area contributed by atoms with Crippen LogP contribution in [0.4, 0.5) is 11.5 Å². The summed E-state index contributed by atoms with van der Waals surface area (Å²) in [6.45, 7) is 6.54. The Hall–Kier alpha value is -1.82. The average Bonchev–Trinajstić information content (AvgIpc) is 2.52. The number of nitrogens with zero attached hydrogens (tertiary/aromatic N) is 3. The number of carbonyl (C=O) groups is 1. The first kappa shape index (κ1) is 15.6. The quantitative estimate of drug-likeness (QED) is 0.796. The third-order valence-corrected chi connectivity index (χ3v) is 3.65. The lowest BCUT2D eigenvalue weighted by molar-refractivity contribution is -0.131. The maximum Gasteiger partial charge on any atom is 0.222 e. The Balaban J connectivity index is 1.75. The van der Waals surface area contributed by atoms with E-state index in [1.807, 2.05) is 17.9 Å². The zero-order chi connectivity index (χ0) is 15.1. The standard InChI is InChI=1S/C15H24N4O2/c1-2-21-11-3-4-15(20)19-9-7-18(8-10-19)13-5-6-14(16)17-12-13/h5-6,12H,2-4,7-11H2,1H3,(H2,16,17). The van der Waals surface area contributed by atoms with Crippen LogP contribution in [0.2, 0.25) is 0 Å².